The minimum atomic E-state index is -0.430. The van der Waals surface area contributed by atoms with Crippen molar-refractivity contribution >= 4 is 5.91 Å². The maximum absolute atomic E-state index is 12.3. The second kappa shape index (κ2) is 6.96. The summed E-state index contributed by atoms with van der Waals surface area (Å²) in [6, 6.07) is 10.3. The monoisotopic (exact) mass is 355 g/mol. The fourth-order valence-electron chi connectivity index (χ4n) is 2.78. The van der Waals surface area contributed by atoms with Gasteiger partial charge in [-0.25, -0.2) is 4.68 Å². The van der Waals surface area contributed by atoms with E-state index in [1.54, 1.807) is 12.1 Å². The molecule has 0 saturated carbocycles. The Morgan fingerprint density at radius 3 is 2.96 bits per heavy atom. The van der Waals surface area contributed by atoms with Gasteiger partial charge in [-0.05, 0) is 25.0 Å². The van der Waals surface area contributed by atoms with E-state index < -0.39 is 5.91 Å². The van der Waals surface area contributed by atoms with Gasteiger partial charge >= 0.3 is 0 Å². The Kier molecular flexibility index (Phi) is 4.36. The number of hydrogen-bond acceptors (Lipinski definition) is 6. The number of carbonyl (C=O) groups excluding carboxylic acids is 1. The number of para-hydroxylation sites is 1. The highest BCUT2D eigenvalue weighted by atomic mass is 16.5. The molecule has 1 fully saturated rings. The lowest BCUT2D eigenvalue weighted by Crippen LogP contribution is -2.24. The van der Waals surface area contributed by atoms with Gasteiger partial charge in [-0.3, -0.25) is 14.7 Å². The SMILES string of the molecule is O=C(NCc1noc([C@@H]2CCCO2)n1)c1cc(=O)n(-c2ccccc2)[nH]1. The number of nitrogens with zero attached hydrogens (tertiary/aromatic N) is 3. The number of rotatable bonds is 5. The average molecular weight is 355 g/mol. The number of nitrogens with one attached hydrogen (secondary N) is 2. The Bertz CT molecular complexity index is 953. The molecule has 2 aromatic heterocycles. The molecular weight excluding hydrogens is 338 g/mol. The van der Waals surface area contributed by atoms with Crippen LogP contribution in [0, 0.1) is 0 Å². The molecule has 1 aliphatic heterocycles. The lowest BCUT2D eigenvalue weighted by atomic mass is 10.2. The molecule has 1 aliphatic rings. The molecule has 0 aliphatic carbocycles. The van der Waals surface area contributed by atoms with E-state index >= 15 is 0 Å². The van der Waals surface area contributed by atoms with Gasteiger partial charge in [0.1, 0.15) is 11.8 Å². The minimum Gasteiger partial charge on any atom is -0.368 e. The van der Waals surface area contributed by atoms with Crippen LogP contribution in [0.5, 0.6) is 0 Å². The van der Waals surface area contributed by atoms with Gasteiger partial charge in [0, 0.05) is 12.7 Å². The maximum atomic E-state index is 12.3. The molecule has 4 rings (SSSR count). The fourth-order valence-corrected chi connectivity index (χ4v) is 2.78. The zero-order chi connectivity index (χ0) is 17.9. The molecule has 3 aromatic rings. The van der Waals surface area contributed by atoms with Gasteiger partial charge in [0.25, 0.3) is 17.4 Å². The summed E-state index contributed by atoms with van der Waals surface area (Å²) in [4.78, 5) is 28.6. The van der Waals surface area contributed by atoms with Crippen molar-refractivity contribution in [2.45, 2.75) is 25.5 Å². The van der Waals surface area contributed by atoms with Gasteiger partial charge in [-0.1, -0.05) is 23.4 Å². The summed E-state index contributed by atoms with van der Waals surface area (Å²) in [7, 11) is 0. The highest BCUT2D eigenvalue weighted by Crippen LogP contribution is 2.26. The van der Waals surface area contributed by atoms with Gasteiger partial charge in [-0.2, -0.15) is 4.98 Å². The van der Waals surface area contributed by atoms with E-state index in [0.717, 1.165) is 12.8 Å². The van der Waals surface area contributed by atoms with Crippen LogP contribution in [0.15, 0.2) is 45.7 Å². The van der Waals surface area contributed by atoms with Crippen LogP contribution < -0.4 is 10.9 Å². The molecule has 9 heteroatoms. The number of carbonyl (C=O) groups is 1. The highest BCUT2D eigenvalue weighted by Gasteiger charge is 2.24. The van der Waals surface area contributed by atoms with Crippen molar-refractivity contribution in [1.29, 1.82) is 0 Å². The van der Waals surface area contributed by atoms with Crippen LogP contribution in [0.1, 0.15) is 41.1 Å². The summed E-state index contributed by atoms with van der Waals surface area (Å²) in [5, 5.41) is 9.29. The summed E-state index contributed by atoms with van der Waals surface area (Å²) < 4.78 is 12.0. The third-order valence-corrected chi connectivity index (χ3v) is 4.08. The van der Waals surface area contributed by atoms with E-state index in [2.05, 4.69) is 20.6 Å². The zero-order valence-corrected chi connectivity index (χ0v) is 13.8. The molecule has 9 nitrogen and oxygen atoms in total. The number of H-pyrrole nitrogens is 1. The van der Waals surface area contributed by atoms with E-state index in [1.807, 2.05) is 18.2 Å². The second-order valence-corrected chi connectivity index (χ2v) is 5.91. The van der Waals surface area contributed by atoms with Crippen LogP contribution in [0.25, 0.3) is 5.69 Å². The summed E-state index contributed by atoms with van der Waals surface area (Å²) in [5.74, 6) is 0.351. The fraction of sp³-hybridized carbons (Fsp3) is 0.294. The summed E-state index contributed by atoms with van der Waals surface area (Å²) in [6.07, 6.45) is 1.65. The van der Waals surface area contributed by atoms with Gasteiger partial charge in [0.15, 0.2) is 5.82 Å². The number of amides is 1. The predicted molar refractivity (Wildman–Crippen MR) is 89.8 cm³/mol. The lowest BCUT2D eigenvalue weighted by molar-refractivity contribution is 0.0835. The topological polar surface area (TPSA) is 115 Å². The number of hydrogen-bond donors (Lipinski definition) is 2. The molecule has 1 atom stereocenters. The van der Waals surface area contributed by atoms with Gasteiger partial charge < -0.3 is 14.6 Å². The van der Waals surface area contributed by atoms with Crippen molar-refractivity contribution < 1.29 is 14.1 Å². The maximum Gasteiger partial charge on any atom is 0.271 e. The molecule has 134 valence electrons. The molecule has 0 bridgehead atoms. The minimum absolute atomic E-state index is 0.0909. The first-order valence-corrected chi connectivity index (χ1v) is 8.30. The molecule has 0 spiro atoms. The van der Waals surface area contributed by atoms with Crippen molar-refractivity contribution in [3.05, 3.63) is 64.2 Å². The van der Waals surface area contributed by atoms with Crippen LogP contribution in [0.4, 0.5) is 0 Å². The number of benzene rings is 1. The van der Waals surface area contributed by atoms with Gasteiger partial charge in [0.2, 0.25) is 0 Å². The normalized spacial score (nSPS) is 16.7. The van der Waals surface area contributed by atoms with E-state index in [1.165, 1.54) is 10.7 Å². The molecular formula is C17H17N5O4. The molecule has 2 N–H and O–H groups in total. The summed E-state index contributed by atoms with van der Waals surface area (Å²) in [6.45, 7) is 0.776. The van der Waals surface area contributed by atoms with Crippen molar-refractivity contribution in [2.24, 2.45) is 0 Å². The molecule has 1 aromatic carbocycles. The third kappa shape index (κ3) is 3.29. The van der Waals surface area contributed by atoms with Crippen LogP contribution in [0.2, 0.25) is 0 Å². The van der Waals surface area contributed by atoms with E-state index in [0.29, 0.717) is 24.0 Å². The summed E-state index contributed by atoms with van der Waals surface area (Å²) >= 11 is 0. The molecule has 0 radical (unpaired) electrons. The van der Waals surface area contributed by atoms with Crippen LogP contribution in [-0.2, 0) is 11.3 Å². The Morgan fingerprint density at radius 1 is 1.35 bits per heavy atom. The van der Waals surface area contributed by atoms with Gasteiger partial charge in [-0.15, -0.1) is 0 Å². The standard InChI is InChI=1S/C17H17N5O4/c23-15-9-12(20-22(15)11-5-2-1-3-6-11)16(24)18-10-14-19-17(26-21-14)13-7-4-8-25-13/h1-3,5-6,9,13,20H,4,7-8,10H2,(H,18,24)/t13-/m0/s1. The van der Waals surface area contributed by atoms with Crippen molar-refractivity contribution in [3.8, 4) is 5.69 Å². The van der Waals surface area contributed by atoms with E-state index in [-0.39, 0.29) is 23.9 Å². The first-order chi connectivity index (χ1) is 12.7. The molecule has 0 unspecified atom stereocenters. The lowest BCUT2D eigenvalue weighted by Gasteiger charge is -2.02. The summed E-state index contributed by atoms with van der Waals surface area (Å²) in [5.41, 5.74) is 0.485. The number of ether oxygens (including phenoxy) is 1. The Balaban J connectivity index is 1.42. The highest BCUT2D eigenvalue weighted by molar-refractivity contribution is 5.92. The van der Waals surface area contributed by atoms with Gasteiger partial charge in [0.05, 0.1) is 12.2 Å². The van der Waals surface area contributed by atoms with Crippen LogP contribution in [-0.4, -0.2) is 32.4 Å². The average Bonchev–Trinajstić information content (AvgIpc) is 3.40. The van der Waals surface area contributed by atoms with Crippen LogP contribution >= 0.6 is 0 Å². The molecule has 1 amide bonds. The third-order valence-electron chi connectivity index (χ3n) is 4.08. The largest absolute Gasteiger partial charge is 0.368 e. The van der Waals surface area contributed by atoms with Crippen LogP contribution in [0.3, 0.4) is 0 Å². The van der Waals surface area contributed by atoms with Crippen molar-refractivity contribution in [2.75, 3.05) is 6.61 Å². The Morgan fingerprint density at radius 2 is 2.19 bits per heavy atom. The number of aromatic nitrogens is 4. The first-order valence-electron chi connectivity index (χ1n) is 8.30. The smallest absolute Gasteiger partial charge is 0.271 e. The quantitative estimate of drug-likeness (QED) is 0.713. The molecule has 1 saturated heterocycles. The number of aromatic amines is 1. The predicted octanol–water partition coefficient (Wildman–Crippen LogP) is 1.33. The molecule has 26 heavy (non-hydrogen) atoms. The Hall–Kier alpha value is -3.20. The molecule has 3 heterocycles. The van der Waals surface area contributed by atoms with Crippen molar-refractivity contribution in [3.63, 3.8) is 0 Å². The first kappa shape index (κ1) is 16.3. The van der Waals surface area contributed by atoms with Crippen molar-refractivity contribution in [1.82, 2.24) is 25.2 Å². The zero-order valence-electron chi connectivity index (χ0n) is 13.8. The Labute approximate surface area is 148 Å². The second-order valence-electron chi connectivity index (χ2n) is 5.91. The van der Waals surface area contributed by atoms with E-state index in [4.69, 9.17) is 9.26 Å². The van der Waals surface area contributed by atoms with E-state index in [9.17, 15) is 9.59 Å².